The molecule has 0 unspecified atom stereocenters. The lowest BCUT2D eigenvalue weighted by atomic mass is 9.82. The van der Waals surface area contributed by atoms with Gasteiger partial charge in [0.05, 0.1) is 16.9 Å². The summed E-state index contributed by atoms with van der Waals surface area (Å²) in [6.07, 6.45) is 6.51. The minimum atomic E-state index is -0.347. The van der Waals surface area contributed by atoms with E-state index >= 15 is 0 Å². The Morgan fingerprint density at radius 3 is 2.81 bits per heavy atom. The van der Waals surface area contributed by atoms with Gasteiger partial charge in [-0.2, -0.15) is 0 Å². The molecule has 1 N–H and O–H groups in total. The van der Waals surface area contributed by atoms with E-state index in [0.717, 1.165) is 37.3 Å². The molecule has 8 heteroatoms. The van der Waals surface area contributed by atoms with Gasteiger partial charge in [-0.15, -0.1) is 11.3 Å². The molecule has 0 spiro atoms. The molecule has 1 aliphatic carbocycles. The van der Waals surface area contributed by atoms with E-state index in [1.54, 1.807) is 23.5 Å². The van der Waals surface area contributed by atoms with Crippen molar-refractivity contribution in [2.75, 3.05) is 31.1 Å². The van der Waals surface area contributed by atoms with Crippen LogP contribution in [0.5, 0.6) is 0 Å². The number of nitrogens with zero attached hydrogens (tertiary/aromatic N) is 3. The van der Waals surface area contributed by atoms with Crippen LogP contribution in [0.4, 0.5) is 11.4 Å². The number of nitro groups is 1. The van der Waals surface area contributed by atoms with Crippen LogP contribution in [0.25, 0.3) is 0 Å². The van der Waals surface area contributed by atoms with Gasteiger partial charge in [0.1, 0.15) is 0 Å². The topological polar surface area (TPSA) is 78.7 Å². The number of hydrogen-bond donors (Lipinski definition) is 1. The lowest BCUT2D eigenvalue weighted by Gasteiger charge is -2.50. The second kappa shape index (κ2) is 9.19. The van der Waals surface area contributed by atoms with Crippen molar-refractivity contribution in [3.05, 3.63) is 56.3 Å². The molecule has 1 amide bonds. The van der Waals surface area contributed by atoms with Crippen LogP contribution in [-0.2, 0) is 17.6 Å². The quantitative estimate of drug-likeness (QED) is 0.533. The zero-order valence-corrected chi connectivity index (χ0v) is 19.1. The first-order valence-corrected chi connectivity index (χ1v) is 12.6. The Hall–Kier alpha value is -2.45. The summed E-state index contributed by atoms with van der Waals surface area (Å²) >= 11 is 1.71. The summed E-state index contributed by atoms with van der Waals surface area (Å²) in [5, 5.41) is 16.6. The van der Waals surface area contributed by atoms with Crippen LogP contribution in [0.3, 0.4) is 0 Å². The number of non-ortho nitro benzene ring substituents is 1. The number of thiophene rings is 1. The predicted octanol–water partition coefficient (Wildman–Crippen LogP) is 3.62. The average Bonchev–Trinajstić information content (AvgIpc) is 3.52. The monoisotopic (exact) mass is 454 g/mol. The number of fused-ring (bicyclic) bond motifs is 3. The number of carbonyl (C=O) groups excluding carboxylic acids is 1. The van der Waals surface area contributed by atoms with Crippen molar-refractivity contribution in [1.82, 2.24) is 10.2 Å². The second-order valence-corrected chi connectivity index (χ2v) is 10.2. The molecule has 5 rings (SSSR count). The van der Waals surface area contributed by atoms with Crippen LogP contribution in [-0.4, -0.2) is 54.0 Å². The van der Waals surface area contributed by atoms with Crippen LogP contribution >= 0.6 is 11.3 Å². The van der Waals surface area contributed by atoms with E-state index in [0.29, 0.717) is 19.0 Å². The second-order valence-electron chi connectivity index (χ2n) is 9.20. The van der Waals surface area contributed by atoms with E-state index in [-0.39, 0.29) is 28.5 Å². The Balaban J connectivity index is 1.37. The van der Waals surface area contributed by atoms with Gasteiger partial charge in [-0.25, -0.2) is 0 Å². The van der Waals surface area contributed by atoms with Crippen LogP contribution < -0.4 is 10.2 Å². The summed E-state index contributed by atoms with van der Waals surface area (Å²) in [4.78, 5) is 30.5. The molecule has 1 aromatic heterocycles. The van der Waals surface area contributed by atoms with Gasteiger partial charge >= 0.3 is 0 Å². The number of nitrogens with one attached hydrogen (secondary N) is 1. The van der Waals surface area contributed by atoms with Gasteiger partial charge in [0.15, 0.2) is 0 Å². The molecule has 7 nitrogen and oxygen atoms in total. The van der Waals surface area contributed by atoms with Gasteiger partial charge in [0, 0.05) is 54.9 Å². The van der Waals surface area contributed by atoms with Crippen molar-refractivity contribution in [2.24, 2.45) is 5.92 Å². The number of amides is 1. The Labute approximate surface area is 192 Å². The molecule has 0 bridgehead atoms. The summed E-state index contributed by atoms with van der Waals surface area (Å²) in [6, 6.07) is 10.0. The van der Waals surface area contributed by atoms with E-state index in [1.807, 2.05) is 12.1 Å². The standard InChI is InChI=1S/C24H30N4O3S/c29-24(25-10-9-20-6-3-13-32-20)21-15-17-14-19(28(30)31)7-8-22(17)27-12-11-26(16-23(21)27)18-4-1-2-5-18/h3,6-8,13-14,18,21,23H,1-2,4-5,9-12,15-16H2,(H,25,29)/t21-,23-/m0/s1. The normalized spacial score (nSPS) is 23.6. The van der Waals surface area contributed by atoms with E-state index in [4.69, 9.17) is 0 Å². The molecular weight excluding hydrogens is 424 g/mol. The first kappa shape index (κ1) is 21.4. The largest absolute Gasteiger partial charge is 0.365 e. The van der Waals surface area contributed by atoms with Crippen molar-refractivity contribution in [1.29, 1.82) is 0 Å². The smallest absolute Gasteiger partial charge is 0.269 e. The van der Waals surface area contributed by atoms with Gasteiger partial charge in [0.25, 0.3) is 5.69 Å². The number of benzene rings is 1. The predicted molar refractivity (Wildman–Crippen MR) is 126 cm³/mol. The molecule has 0 radical (unpaired) electrons. The van der Waals surface area contributed by atoms with Gasteiger partial charge < -0.3 is 10.2 Å². The van der Waals surface area contributed by atoms with Gasteiger partial charge in [-0.1, -0.05) is 18.9 Å². The highest BCUT2D eigenvalue weighted by molar-refractivity contribution is 7.09. The van der Waals surface area contributed by atoms with Crippen molar-refractivity contribution < 1.29 is 9.72 Å². The summed E-state index contributed by atoms with van der Waals surface area (Å²) in [5.41, 5.74) is 2.08. The average molecular weight is 455 g/mol. The van der Waals surface area contributed by atoms with E-state index in [1.165, 1.54) is 30.6 Å². The third-order valence-electron chi connectivity index (χ3n) is 7.37. The van der Waals surface area contributed by atoms with E-state index in [9.17, 15) is 14.9 Å². The van der Waals surface area contributed by atoms with Crippen molar-refractivity contribution in [2.45, 2.75) is 50.6 Å². The maximum absolute atomic E-state index is 13.4. The molecule has 2 atom stereocenters. The third-order valence-corrected chi connectivity index (χ3v) is 8.30. The molecule has 3 aliphatic rings. The highest BCUT2D eigenvalue weighted by Gasteiger charge is 2.43. The highest BCUT2D eigenvalue weighted by Crippen LogP contribution is 2.39. The zero-order chi connectivity index (χ0) is 22.1. The SMILES string of the molecule is O=C(NCCc1cccs1)[C@H]1Cc2cc([N+](=O)[O-])ccc2N2CCN(C3CCCC3)C[C@@H]12. The number of rotatable bonds is 6. The van der Waals surface area contributed by atoms with E-state index < -0.39 is 0 Å². The Bertz CT molecular complexity index is 974. The molecule has 2 aliphatic heterocycles. The van der Waals surface area contributed by atoms with Crippen LogP contribution in [0.2, 0.25) is 0 Å². The maximum atomic E-state index is 13.4. The fourth-order valence-electron chi connectivity index (χ4n) is 5.74. The lowest BCUT2D eigenvalue weighted by molar-refractivity contribution is -0.384. The zero-order valence-electron chi connectivity index (χ0n) is 18.2. The van der Waals surface area contributed by atoms with Gasteiger partial charge in [0.2, 0.25) is 5.91 Å². The molecule has 1 aromatic carbocycles. The lowest BCUT2D eigenvalue weighted by Crippen LogP contribution is -2.62. The highest BCUT2D eigenvalue weighted by atomic mass is 32.1. The molecule has 1 saturated carbocycles. The Morgan fingerprint density at radius 1 is 1.22 bits per heavy atom. The van der Waals surface area contributed by atoms with Crippen LogP contribution in [0.1, 0.15) is 36.1 Å². The fourth-order valence-corrected chi connectivity index (χ4v) is 6.45. The molecule has 32 heavy (non-hydrogen) atoms. The number of hydrogen-bond acceptors (Lipinski definition) is 6. The van der Waals surface area contributed by atoms with Crippen LogP contribution in [0.15, 0.2) is 35.7 Å². The maximum Gasteiger partial charge on any atom is 0.269 e. The minimum Gasteiger partial charge on any atom is -0.365 e. The van der Waals surface area contributed by atoms with Crippen molar-refractivity contribution >= 4 is 28.6 Å². The van der Waals surface area contributed by atoms with Gasteiger partial charge in [-0.3, -0.25) is 19.8 Å². The van der Waals surface area contributed by atoms with E-state index in [2.05, 4.69) is 26.6 Å². The van der Waals surface area contributed by atoms with Gasteiger partial charge in [-0.05, 0) is 48.8 Å². The molecule has 2 fully saturated rings. The number of piperazine rings is 1. The summed E-state index contributed by atoms with van der Waals surface area (Å²) in [5.74, 6) is -0.126. The summed E-state index contributed by atoms with van der Waals surface area (Å²) < 4.78 is 0. The first-order valence-electron chi connectivity index (χ1n) is 11.7. The Morgan fingerprint density at radius 2 is 2.06 bits per heavy atom. The van der Waals surface area contributed by atoms with Crippen LogP contribution in [0, 0.1) is 16.0 Å². The minimum absolute atomic E-state index is 0.0713. The number of nitro benzene ring substituents is 1. The van der Waals surface area contributed by atoms with Crippen molar-refractivity contribution in [3.63, 3.8) is 0 Å². The number of carbonyl (C=O) groups is 1. The summed E-state index contributed by atoms with van der Waals surface area (Å²) in [6.45, 7) is 3.37. The first-order chi connectivity index (χ1) is 15.6. The third kappa shape index (κ3) is 4.26. The number of anilines is 1. The molecule has 170 valence electrons. The molecule has 3 heterocycles. The summed E-state index contributed by atoms with van der Waals surface area (Å²) in [7, 11) is 0. The molecular formula is C24H30N4O3S. The molecule has 1 saturated heterocycles. The molecule has 2 aromatic rings. The van der Waals surface area contributed by atoms with Crippen molar-refractivity contribution in [3.8, 4) is 0 Å². The fraction of sp³-hybridized carbons (Fsp3) is 0.542. The Kier molecular flexibility index (Phi) is 6.15.